The standard InChI is InChI=1S/C28H42ClN5O6/c1-3-30-27(38)31-14-15-34(2)25(36)13-12-23(18-35)32-26(37)24(17-20-8-5-4-6-9-20)33-28(39)40-19-21-10-7-11-22(29)16-21/h7,10-11,16,20,23,35H,3-6,8-9,12-15,17-19H2,1-2H3,(H,32,37)(H2,30,31,38)/t23-/m0/s1. The summed E-state index contributed by atoms with van der Waals surface area (Å²) in [5.41, 5.74) is 0.755. The summed E-state index contributed by atoms with van der Waals surface area (Å²) in [4.78, 5) is 55.1. The Morgan fingerprint density at radius 3 is 2.60 bits per heavy atom. The lowest BCUT2D eigenvalue weighted by Crippen LogP contribution is -2.43. The molecule has 1 atom stereocenters. The van der Waals surface area contributed by atoms with Crippen molar-refractivity contribution in [2.45, 2.75) is 70.9 Å². The van der Waals surface area contributed by atoms with Gasteiger partial charge in [-0.25, -0.2) is 9.59 Å². The summed E-state index contributed by atoms with van der Waals surface area (Å²) in [6.45, 7) is 2.52. The highest BCUT2D eigenvalue weighted by atomic mass is 35.5. The van der Waals surface area contributed by atoms with Crippen LogP contribution in [0.4, 0.5) is 9.59 Å². The van der Waals surface area contributed by atoms with Crippen molar-refractivity contribution in [2.24, 2.45) is 10.9 Å². The minimum atomic E-state index is -0.875. The van der Waals surface area contributed by atoms with E-state index in [2.05, 4.69) is 20.9 Å². The van der Waals surface area contributed by atoms with E-state index in [-0.39, 0.29) is 49.6 Å². The number of likely N-dealkylation sites (N-methyl/N-ethyl adjacent to an activating group) is 1. The van der Waals surface area contributed by atoms with Crippen molar-refractivity contribution in [3.8, 4) is 0 Å². The fourth-order valence-corrected chi connectivity index (χ4v) is 4.63. The van der Waals surface area contributed by atoms with Crippen molar-refractivity contribution in [1.29, 1.82) is 0 Å². The molecule has 1 aromatic rings. The Morgan fingerprint density at radius 2 is 1.93 bits per heavy atom. The van der Waals surface area contributed by atoms with Crippen molar-refractivity contribution in [1.82, 2.24) is 20.9 Å². The number of urea groups is 1. The number of carbonyl (C=O) groups excluding carboxylic acids is 4. The molecule has 1 aromatic carbocycles. The molecule has 4 N–H and O–H groups in total. The van der Waals surface area contributed by atoms with E-state index in [1.54, 1.807) is 31.3 Å². The van der Waals surface area contributed by atoms with Crippen LogP contribution in [0.5, 0.6) is 0 Å². The molecule has 12 heteroatoms. The number of hydrogen-bond acceptors (Lipinski definition) is 6. The number of aliphatic imine (C=N–C) groups is 1. The van der Waals surface area contributed by atoms with Gasteiger partial charge in [-0.2, -0.15) is 4.99 Å². The van der Waals surface area contributed by atoms with Crippen molar-refractivity contribution >= 4 is 41.3 Å². The highest BCUT2D eigenvalue weighted by Gasteiger charge is 2.24. The third kappa shape index (κ3) is 12.8. The number of ether oxygens (including phenoxy) is 1. The van der Waals surface area contributed by atoms with Crippen LogP contribution >= 0.6 is 11.6 Å². The van der Waals surface area contributed by atoms with Gasteiger partial charge in [0.2, 0.25) is 5.91 Å². The van der Waals surface area contributed by atoms with E-state index in [4.69, 9.17) is 16.3 Å². The highest BCUT2D eigenvalue weighted by Crippen LogP contribution is 2.27. The number of hydrogen-bond donors (Lipinski definition) is 4. The van der Waals surface area contributed by atoms with Gasteiger partial charge in [-0.3, -0.25) is 9.59 Å². The van der Waals surface area contributed by atoms with E-state index in [0.717, 1.165) is 32.1 Å². The third-order valence-corrected chi connectivity index (χ3v) is 6.94. The van der Waals surface area contributed by atoms with Gasteiger partial charge in [-0.15, -0.1) is 0 Å². The zero-order valence-corrected chi connectivity index (χ0v) is 24.2. The maximum atomic E-state index is 13.2. The van der Waals surface area contributed by atoms with Gasteiger partial charge in [0.25, 0.3) is 5.91 Å². The van der Waals surface area contributed by atoms with Gasteiger partial charge in [0.15, 0.2) is 0 Å². The fraction of sp³-hybridized carbons (Fsp3) is 0.607. The lowest BCUT2D eigenvalue weighted by molar-refractivity contribution is -0.130. The van der Waals surface area contributed by atoms with Crippen molar-refractivity contribution in [3.05, 3.63) is 34.9 Å². The molecule has 222 valence electrons. The number of nitrogens with one attached hydrogen (secondary N) is 3. The summed E-state index contributed by atoms with van der Waals surface area (Å²) < 4.78 is 5.26. The van der Waals surface area contributed by atoms with Gasteiger partial charge >= 0.3 is 12.1 Å². The Balaban J connectivity index is 1.94. The predicted molar refractivity (Wildman–Crippen MR) is 153 cm³/mol. The maximum absolute atomic E-state index is 13.2. The SMILES string of the molecule is CCNC(=O)NCCN(C)C(=O)CC[C@@H](CO)NC(=O)C(CC1CCCCC1)=NC(=O)OCc1cccc(Cl)c1. The molecule has 1 aliphatic carbocycles. The second kappa shape index (κ2) is 18.2. The number of rotatable bonds is 14. The molecule has 0 radical (unpaired) electrons. The van der Waals surface area contributed by atoms with Gasteiger partial charge in [0.1, 0.15) is 12.3 Å². The first-order valence-electron chi connectivity index (χ1n) is 13.9. The molecule has 0 heterocycles. The number of nitrogens with zero attached hydrogens (tertiary/aromatic N) is 2. The number of halogens is 1. The van der Waals surface area contributed by atoms with Gasteiger partial charge in [-0.1, -0.05) is 55.8 Å². The topological polar surface area (TPSA) is 149 Å². The summed E-state index contributed by atoms with van der Waals surface area (Å²) in [6, 6.07) is 5.91. The smallest absolute Gasteiger partial charge is 0.434 e. The van der Waals surface area contributed by atoms with E-state index in [1.165, 1.54) is 4.90 Å². The lowest BCUT2D eigenvalue weighted by atomic mass is 9.85. The van der Waals surface area contributed by atoms with Gasteiger partial charge in [0, 0.05) is 38.1 Å². The molecule has 1 saturated carbocycles. The number of aliphatic hydroxyl groups is 1. The second-order valence-corrected chi connectivity index (χ2v) is 10.4. The highest BCUT2D eigenvalue weighted by molar-refractivity contribution is 6.40. The largest absolute Gasteiger partial charge is 0.443 e. The van der Waals surface area contributed by atoms with Gasteiger partial charge in [-0.05, 0) is 43.4 Å². The summed E-state index contributed by atoms with van der Waals surface area (Å²) in [5.74, 6) is -0.517. The number of benzene rings is 1. The van der Waals surface area contributed by atoms with Crippen LogP contribution in [0, 0.1) is 5.92 Å². The third-order valence-electron chi connectivity index (χ3n) is 6.70. The maximum Gasteiger partial charge on any atom is 0.434 e. The van der Waals surface area contributed by atoms with E-state index in [1.807, 2.05) is 6.92 Å². The van der Waals surface area contributed by atoms with E-state index < -0.39 is 18.0 Å². The molecule has 0 aromatic heterocycles. The summed E-state index contributed by atoms with van der Waals surface area (Å²) >= 11 is 5.98. The molecule has 5 amide bonds. The Morgan fingerprint density at radius 1 is 1.18 bits per heavy atom. The normalized spacial score (nSPS) is 14.7. The quantitative estimate of drug-likeness (QED) is 0.248. The second-order valence-electron chi connectivity index (χ2n) is 9.94. The van der Waals surface area contributed by atoms with Gasteiger partial charge < -0.3 is 30.7 Å². The molecule has 2 rings (SSSR count). The first kappa shape index (κ1) is 33.0. The Kier molecular flexibility index (Phi) is 15.0. The molecule has 0 aliphatic heterocycles. The molecule has 0 bridgehead atoms. The number of carbonyl (C=O) groups is 4. The summed E-state index contributed by atoms with van der Waals surface area (Å²) in [6.07, 6.45) is 4.90. The van der Waals surface area contributed by atoms with Crippen molar-refractivity contribution in [3.63, 3.8) is 0 Å². The van der Waals surface area contributed by atoms with E-state index >= 15 is 0 Å². The molecule has 40 heavy (non-hydrogen) atoms. The van der Waals surface area contributed by atoms with E-state index in [9.17, 15) is 24.3 Å². The van der Waals surface area contributed by atoms with Crippen molar-refractivity contribution < 1.29 is 29.0 Å². The minimum Gasteiger partial charge on any atom is -0.443 e. The minimum absolute atomic E-state index is 0.0328. The molecule has 1 fully saturated rings. The van der Waals surface area contributed by atoms with Crippen LogP contribution < -0.4 is 16.0 Å². The van der Waals surface area contributed by atoms with Crippen LogP contribution in [0.15, 0.2) is 29.3 Å². The monoisotopic (exact) mass is 579 g/mol. The average molecular weight is 580 g/mol. The van der Waals surface area contributed by atoms with Crippen LogP contribution in [0.3, 0.4) is 0 Å². The number of aliphatic hydroxyl groups excluding tert-OH is 1. The number of amides is 5. The molecule has 0 unspecified atom stereocenters. The zero-order valence-electron chi connectivity index (χ0n) is 23.4. The Bertz CT molecular complexity index is 1010. The molecular weight excluding hydrogens is 538 g/mol. The van der Waals surface area contributed by atoms with Crippen LogP contribution in [-0.2, 0) is 20.9 Å². The first-order chi connectivity index (χ1) is 19.2. The average Bonchev–Trinajstić information content (AvgIpc) is 2.94. The molecule has 11 nitrogen and oxygen atoms in total. The molecule has 0 saturated heterocycles. The zero-order chi connectivity index (χ0) is 29.3. The molecule has 0 spiro atoms. The Labute approximate surface area is 241 Å². The molecular formula is C28H42ClN5O6. The Hall–Kier alpha value is -3.18. The molecule has 1 aliphatic rings. The van der Waals surface area contributed by atoms with Crippen LogP contribution in [0.2, 0.25) is 5.02 Å². The van der Waals surface area contributed by atoms with E-state index in [0.29, 0.717) is 36.6 Å². The summed E-state index contributed by atoms with van der Waals surface area (Å²) in [5, 5.41) is 18.4. The fourth-order valence-electron chi connectivity index (χ4n) is 4.42. The van der Waals surface area contributed by atoms with Crippen molar-refractivity contribution in [2.75, 3.05) is 33.3 Å². The first-order valence-corrected chi connectivity index (χ1v) is 14.3. The van der Waals surface area contributed by atoms with Crippen LogP contribution in [-0.4, -0.2) is 79.0 Å². The lowest BCUT2D eigenvalue weighted by Gasteiger charge is -2.23. The van der Waals surface area contributed by atoms with Crippen LogP contribution in [0.1, 0.15) is 63.9 Å². The summed E-state index contributed by atoms with van der Waals surface area (Å²) in [7, 11) is 1.62. The predicted octanol–water partition coefficient (Wildman–Crippen LogP) is 3.42. The van der Waals surface area contributed by atoms with Crippen LogP contribution in [0.25, 0.3) is 0 Å². The van der Waals surface area contributed by atoms with Gasteiger partial charge in [0.05, 0.1) is 12.6 Å².